The molecule has 1 aromatic rings. The van der Waals surface area contributed by atoms with Crippen LogP contribution in [0.3, 0.4) is 0 Å². The van der Waals surface area contributed by atoms with Crippen molar-refractivity contribution < 1.29 is 4.74 Å². The topological polar surface area (TPSA) is 47.0 Å². The Labute approximate surface area is 94.2 Å². The molecule has 0 saturated carbocycles. The number of rotatable bonds is 4. The van der Waals surface area contributed by atoms with Crippen LogP contribution in [0, 0.1) is 6.92 Å². The van der Waals surface area contributed by atoms with Gasteiger partial charge in [0.15, 0.2) is 0 Å². The van der Waals surface area contributed by atoms with Gasteiger partial charge in [0, 0.05) is 24.7 Å². The van der Waals surface area contributed by atoms with Crippen molar-refractivity contribution in [1.82, 2.24) is 9.36 Å². The Morgan fingerprint density at radius 1 is 1.53 bits per heavy atom. The van der Waals surface area contributed by atoms with E-state index in [-0.39, 0.29) is 0 Å². The minimum absolute atomic E-state index is 0.445. The van der Waals surface area contributed by atoms with Gasteiger partial charge in [0.25, 0.3) is 0 Å². The van der Waals surface area contributed by atoms with E-state index in [2.05, 4.69) is 14.7 Å². The van der Waals surface area contributed by atoms with Gasteiger partial charge in [-0.3, -0.25) is 0 Å². The maximum Gasteiger partial charge on any atom is 0.202 e. The van der Waals surface area contributed by atoms with Gasteiger partial charge in [0.1, 0.15) is 5.82 Å². The maximum absolute atomic E-state index is 5.65. The second kappa shape index (κ2) is 5.42. The molecule has 0 amide bonds. The Kier molecular flexibility index (Phi) is 3.91. The quantitative estimate of drug-likeness (QED) is 0.856. The molecule has 1 aliphatic rings. The van der Waals surface area contributed by atoms with E-state index in [4.69, 9.17) is 4.74 Å². The summed E-state index contributed by atoms with van der Waals surface area (Å²) in [4.78, 5) is 4.25. The SMILES string of the molecule is Cc1nsc(NCCC2CCCCO2)n1. The van der Waals surface area contributed by atoms with Crippen molar-refractivity contribution in [3.8, 4) is 0 Å². The summed E-state index contributed by atoms with van der Waals surface area (Å²) >= 11 is 1.42. The van der Waals surface area contributed by atoms with E-state index in [1.54, 1.807) is 0 Å². The second-order valence-corrected chi connectivity index (χ2v) is 4.60. The lowest BCUT2D eigenvalue weighted by atomic mass is 10.1. The predicted molar refractivity (Wildman–Crippen MR) is 61.3 cm³/mol. The first-order valence-electron chi connectivity index (χ1n) is 5.50. The van der Waals surface area contributed by atoms with Crippen molar-refractivity contribution in [2.45, 2.75) is 38.7 Å². The zero-order valence-corrected chi connectivity index (χ0v) is 9.85. The molecular formula is C10H17N3OS. The molecule has 1 fully saturated rings. The van der Waals surface area contributed by atoms with E-state index in [1.165, 1.54) is 30.8 Å². The lowest BCUT2D eigenvalue weighted by molar-refractivity contribution is 0.0134. The second-order valence-electron chi connectivity index (χ2n) is 3.85. The van der Waals surface area contributed by atoms with Gasteiger partial charge in [0.05, 0.1) is 6.10 Å². The van der Waals surface area contributed by atoms with Crippen molar-refractivity contribution in [3.05, 3.63) is 5.82 Å². The molecule has 0 aromatic carbocycles. The average molecular weight is 227 g/mol. The van der Waals surface area contributed by atoms with Crippen LogP contribution in [-0.4, -0.2) is 28.6 Å². The predicted octanol–water partition coefficient (Wildman–Crippen LogP) is 2.22. The Morgan fingerprint density at radius 3 is 3.13 bits per heavy atom. The fourth-order valence-electron chi connectivity index (χ4n) is 1.74. The van der Waals surface area contributed by atoms with Crippen molar-refractivity contribution in [2.24, 2.45) is 0 Å². The van der Waals surface area contributed by atoms with Gasteiger partial charge in [-0.05, 0) is 32.6 Å². The minimum Gasteiger partial charge on any atom is -0.378 e. The Bertz CT molecular complexity index is 297. The van der Waals surface area contributed by atoms with Crippen LogP contribution >= 0.6 is 11.5 Å². The summed E-state index contributed by atoms with van der Waals surface area (Å²) in [6.45, 7) is 3.77. The smallest absolute Gasteiger partial charge is 0.202 e. The summed E-state index contributed by atoms with van der Waals surface area (Å²) in [6, 6.07) is 0. The molecule has 0 spiro atoms. The average Bonchev–Trinajstić information content (AvgIpc) is 2.66. The Morgan fingerprint density at radius 2 is 2.47 bits per heavy atom. The number of aryl methyl sites for hydroxylation is 1. The highest BCUT2D eigenvalue weighted by molar-refractivity contribution is 7.09. The van der Waals surface area contributed by atoms with Crippen LogP contribution < -0.4 is 5.32 Å². The Hall–Kier alpha value is -0.680. The van der Waals surface area contributed by atoms with Gasteiger partial charge in [-0.2, -0.15) is 4.37 Å². The van der Waals surface area contributed by atoms with Crippen LogP contribution in [0.15, 0.2) is 0 Å². The molecule has 84 valence electrons. The van der Waals surface area contributed by atoms with E-state index in [9.17, 15) is 0 Å². The third-order valence-electron chi connectivity index (χ3n) is 2.54. The molecule has 2 heterocycles. The molecule has 1 aromatic heterocycles. The molecule has 1 aliphatic heterocycles. The van der Waals surface area contributed by atoms with Crippen LogP contribution in [0.5, 0.6) is 0 Å². The van der Waals surface area contributed by atoms with Gasteiger partial charge in [-0.25, -0.2) is 4.98 Å². The first-order chi connectivity index (χ1) is 7.34. The molecule has 1 saturated heterocycles. The molecule has 2 rings (SSSR count). The molecule has 4 nitrogen and oxygen atoms in total. The van der Waals surface area contributed by atoms with E-state index < -0.39 is 0 Å². The van der Waals surface area contributed by atoms with E-state index in [0.717, 1.165) is 30.5 Å². The van der Waals surface area contributed by atoms with Gasteiger partial charge in [-0.15, -0.1) is 0 Å². The zero-order chi connectivity index (χ0) is 10.5. The number of nitrogens with zero attached hydrogens (tertiary/aromatic N) is 2. The number of anilines is 1. The van der Waals surface area contributed by atoms with E-state index >= 15 is 0 Å². The standard InChI is InChI=1S/C10H17N3OS/c1-8-12-10(15-13-8)11-6-5-9-4-2-3-7-14-9/h9H,2-7H2,1H3,(H,11,12,13). The normalized spacial score (nSPS) is 21.5. The van der Waals surface area contributed by atoms with Crippen LogP contribution in [0.1, 0.15) is 31.5 Å². The highest BCUT2D eigenvalue weighted by atomic mass is 32.1. The summed E-state index contributed by atoms with van der Waals surface area (Å²) in [7, 11) is 0. The van der Waals surface area contributed by atoms with Crippen molar-refractivity contribution >= 4 is 16.7 Å². The first kappa shape index (κ1) is 10.8. The minimum atomic E-state index is 0.445. The molecule has 0 bridgehead atoms. The first-order valence-corrected chi connectivity index (χ1v) is 6.28. The van der Waals surface area contributed by atoms with Gasteiger partial charge in [-0.1, -0.05) is 0 Å². The summed E-state index contributed by atoms with van der Waals surface area (Å²) in [5.74, 6) is 0.844. The Balaban J connectivity index is 1.65. The van der Waals surface area contributed by atoms with Crippen molar-refractivity contribution in [3.63, 3.8) is 0 Å². The fraction of sp³-hybridized carbons (Fsp3) is 0.800. The highest BCUT2D eigenvalue weighted by Crippen LogP contribution is 2.16. The lowest BCUT2D eigenvalue weighted by Gasteiger charge is -2.22. The molecule has 0 radical (unpaired) electrons. The highest BCUT2D eigenvalue weighted by Gasteiger charge is 2.13. The van der Waals surface area contributed by atoms with Crippen molar-refractivity contribution in [1.29, 1.82) is 0 Å². The van der Waals surface area contributed by atoms with E-state index in [1.807, 2.05) is 6.92 Å². The number of aromatic nitrogens is 2. The molecule has 5 heteroatoms. The number of hydrogen-bond donors (Lipinski definition) is 1. The molecule has 0 aliphatic carbocycles. The fourth-order valence-corrected chi connectivity index (χ4v) is 2.34. The van der Waals surface area contributed by atoms with Gasteiger partial charge in [0.2, 0.25) is 5.13 Å². The molecule has 1 unspecified atom stereocenters. The van der Waals surface area contributed by atoms with Crippen LogP contribution in [-0.2, 0) is 4.74 Å². The van der Waals surface area contributed by atoms with Crippen LogP contribution in [0.4, 0.5) is 5.13 Å². The monoisotopic (exact) mass is 227 g/mol. The third kappa shape index (κ3) is 3.43. The van der Waals surface area contributed by atoms with Crippen molar-refractivity contribution in [2.75, 3.05) is 18.5 Å². The molecule has 1 atom stereocenters. The number of ether oxygens (including phenoxy) is 1. The maximum atomic E-state index is 5.65. The summed E-state index contributed by atoms with van der Waals surface area (Å²) in [6.07, 6.45) is 5.25. The summed E-state index contributed by atoms with van der Waals surface area (Å²) in [5, 5.41) is 4.20. The van der Waals surface area contributed by atoms with Gasteiger partial charge < -0.3 is 10.1 Å². The molecular weight excluding hydrogens is 210 g/mol. The van der Waals surface area contributed by atoms with E-state index in [0.29, 0.717) is 6.10 Å². The molecule has 15 heavy (non-hydrogen) atoms. The largest absolute Gasteiger partial charge is 0.378 e. The van der Waals surface area contributed by atoms with Crippen LogP contribution in [0.2, 0.25) is 0 Å². The van der Waals surface area contributed by atoms with Crippen LogP contribution in [0.25, 0.3) is 0 Å². The summed E-state index contributed by atoms with van der Waals surface area (Å²) in [5.41, 5.74) is 0. The molecule has 1 N–H and O–H groups in total. The zero-order valence-electron chi connectivity index (χ0n) is 9.03. The third-order valence-corrected chi connectivity index (χ3v) is 3.31. The van der Waals surface area contributed by atoms with Gasteiger partial charge >= 0.3 is 0 Å². The number of nitrogens with one attached hydrogen (secondary N) is 1. The lowest BCUT2D eigenvalue weighted by Crippen LogP contribution is -2.21. The summed E-state index contributed by atoms with van der Waals surface area (Å²) < 4.78 is 9.77. The number of hydrogen-bond acceptors (Lipinski definition) is 5.